The van der Waals surface area contributed by atoms with Crippen molar-refractivity contribution < 1.29 is 14.2 Å². The molecule has 2 aromatic carbocycles. The van der Waals surface area contributed by atoms with Crippen LogP contribution in [0.25, 0.3) is 22.2 Å². The second-order valence-corrected chi connectivity index (χ2v) is 7.40. The molecule has 0 aliphatic heterocycles. The van der Waals surface area contributed by atoms with Crippen molar-refractivity contribution in [1.29, 1.82) is 0 Å². The van der Waals surface area contributed by atoms with Gasteiger partial charge in [0.2, 0.25) is 17.6 Å². The second kappa shape index (κ2) is 10.3. The number of rotatable bonds is 10. The van der Waals surface area contributed by atoms with Crippen molar-refractivity contribution in [2.45, 2.75) is 19.3 Å². The molecule has 0 atom stereocenters. The predicted molar refractivity (Wildman–Crippen MR) is 123 cm³/mol. The van der Waals surface area contributed by atoms with Crippen molar-refractivity contribution >= 4 is 28.2 Å². The molecule has 0 unspecified atom stereocenters. The summed E-state index contributed by atoms with van der Waals surface area (Å²) >= 11 is 0. The number of non-ortho nitro benzene ring substituents is 1. The number of nitro groups is 1. The summed E-state index contributed by atoms with van der Waals surface area (Å²) in [5.41, 5.74) is 0.153. The summed E-state index contributed by atoms with van der Waals surface area (Å²) in [7, 11) is 0. The Morgan fingerprint density at radius 3 is 2.76 bits per heavy atom. The van der Waals surface area contributed by atoms with E-state index in [9.17, 15) is 19.7 Å². The Kier molecular flexibility index (Phi) is 6.87. The van der Waals surface area contributed by atoms with E-state index in [0.29, 0.717) is 36.3 Å². The number of hydrogen-bond donors (Lipinski definition) is 3. The van der Waals surface area contributed by atoms with Crippen molar-refractivity contribution in [3.63, 3.8) is 0 Å². The van der Waals surface area contributed by atoms with Gasteiger partial charge in [-0.2, -0.15) is 10.1 Å². The highest BCUT2D eigenvalue weighted by Gasteiger charge is 2.13. The Hall–Kier alpha value is -4.61. The maximum atomic E-state index is 12.1. The quantitative estimate of drug-likeness (QED) is 0.182. The van der Waals surface area contributed by atoms with Gasteiger partial charge in [-0.25, -0.2) is 5.10 Å². The number of H-pyrrole nitrogens is 1. The first-order valence-electron chi connectivity index (χ1n) is 10.6. The van der Waals surface area contributed by atoms with E-state index in [2.05, 4.69) is 31.0 Å². The fourth-order valence-electron chi connectivity index (χ4n) is 3.31. The Balaban J connectivity index is 1.20. The molecule has 0 aliphatic carbocycles. The number of carbonyl (C=O) groups is 1. The van der Waals surface area contributed by atoms with Crippen LogP contribution in [0.4, 0.5) is 11.5 Å². The number of aromatic nitrogens is 4. The van der Waals surface area contributed by atoms with Gasteiger partial charge in [-0.3, -0.25) is 19.7 Å². The number of anilines is 1. The minimum Gasteiger partial charge on any atom is -0.368 e. The van der Waals surface area contributed by atoms with E-state index in [1.165, 1.54) is 12.1 Å². The maximum absolute atomic E-state index is 12.1. The van der Waals surface area contributed by atoms with E-state index in [1.807, 2.05) is 12.1 Å². The molecule has 0 saturated carbocycles. The van der Waals surface area contributed by atoms with Crippen LogP contribution in [0, 0.1) is 10.1 Å². The number of nitrogens with zero attached hydrogens (tertiary/aromatic N) is 4. The first-order chi connectivity index (χ1) is 16.5. The van der Waals surface area contributed by atoms with Crippen LogP contribution in [-0.2, 0) is 11.2 Å². The lowest BCUT2D eigenvalue weighted by Crippen LogP contribution is -2.26. The molecule has 3 N–H and O–H groups in total. The van der Waals surface area contributed by atoms with Crippen molar-refractivity contribution in [3.8, 4) is 11.4 Å². The zero-order valence-electron chi connectivity index (χ0n) is 18.0. The van der Waals surface area contributed by atoms with E-state index < -0.39 is 4.92 Å². The fraction of sp³-hybridized carbons (Fsp3) is 0.227. The van der Waals surface area contributed by atoms with Gasteiger partial charge in [0.05, 0.1) is 10.3 Å². The van der Waals surface area contributed by atoms with Crippen LogP contribution in [-0.4, -0.2) is 44.3 Å². The molecular weight excluding hydrogens is 442 g/mol. The van der Waals surface area contributed by atoms with Crippen LogP contribution in [0.3, 0.4) is 0 Å². The van der Waals surface area contributed by atoms with E-state index in [4.69, 9.17) is 4.52 Å². The molecule has 12 heteroatoms. The van der Waals surface area contributed by atoms with Crippen molar-refractivity contribution in [3.05, 3.63) is 74.9 Å². The van der Waals surface area contributed by atoms with E-state index in [1.54, 1.807) is 24.3 Å². The molecular formula is C22H21N7O5. The molecule has 0 spiro atoms. The molecule has 34 heavy (non-hydrogen) atoms. The van der Waals surface area contributed by atoms with Crippen LogP contribution in [0.5, 0.6) is 0 Å². The Bertz CT molecular complexity index is 1380. The van der Waals surface area contributed by atoms with Gasteiger partial charge in [0.1, 0.15) is 0 Å². The number of fused-ring (bicyclic) bond motifs is 1. The summed E-state index contributed by atoms with van der Waals surface area (Å²) in [6.07, 6.45) is 1.06. The summed E-state index contributed by atoms with van der Waals surface area (Å²) in [4.78, 5) is 38.6. The molecule has 0 aliphatic rings. The van der Waals surface area contributed by atoms with E-state index in [0.717, 1.165) is 5.39 Å². The van der Waals surface area contributed by atoms with Gasteiger partial charge >= 0.3 is 0 Å². The van der Waals surface area contributed by atoms with Crippen molar-refractivity contribution in [1.82, 2.24) is 25.7 Å². The average molecular weight is 463 g/mol. The Morgan fingerprint density at radius 2 is 1.94 bits per heavy atom. The number of carbonyl (C=O) groups excluding carboxylic acids is 1. The molecule has 174 valence electrons. The standard InChI is InChI=1S/C22H21N7O5/c30-18(9-10-19-25-20(28-34-19)14-5-3-6-15(13-14)29(32)33)23-11-4-12-24-21-16-7-1-2-8-17(16)22(31)27-26-21/h1-3,5-8,13H,4,9-12H2,(H,23,30)(H,24,26)(H,27,31). The van der Waals surface area contributed by atoms with Gasteiger partial charge in [0.25, 0.3) is 11.2 Å². The van der Waals surface area contributed by atoms with Gasteiger partial charge in [-0.15, -0.1) is 0 Å². The molecule has 0 bridgehead atoms. The highest BCUT2D eigenvalue weighted by Crippen LogP contribution is 2.21. The Labute approximate surface area is 192 Å². The highest BCUT2D eigenvalue weighted by atomic mass is 16.6. The number of nitro benzene ring substituents is 1. The largest absolute Gasteiger partial charge is 0.368 e. The number of aryl methyl sites for hydroxylation is 1. The Morgan fingerprint density at radius 1 is 1.12 bits per heavy atom. The molecule has 0 saturated heterocycles. The summed E-state index contributed by atoms with van der Waals surface area (Å²) in [5.74, 6) is 0.920. The third-order valence-corrected chi connectivity index (χ3v) is 5.01. The lowest BCUT2D eigenvalue weighted by atomic mass is 10.2. The third kappa shape index (κ3) is 5.41. The molecule has 2 heterocycles. The van der Waals surface area contributed by atoms with Crippen molar-refractivity contribution in [2.24, 2.45) is 0 Å². The summed E-state index contributed by atoms with van der Waals surface area (Å²) < 4.78 is 5.15. The van der Waals surface area contributed by atoms with Gasteiger partial charge in [0.15, 0.2) is 5.82 Å². The fourth-order valence-corrected chi connectivity index (χ4v) is 3.31. The molecule has 1 amide bonds. The van der Waals surface area contributed by atoms with E-state index in [-0.39, 0.29) is 41.7 Å². The number of amides is 1. The number of hydrogen-bond acceptors (Lipinski definition) is 9. The van der Waals surface area contributed by atoms with E-state index >= 15 is 0 Å². The van der Waals surface area contributed by atoms with Crippen LogP contribution in [0.15, 0.2) is 57.8 Å². The normalized spacial score (nSPS) is 10.8. The summed E-state index contributed by atoms with van der Waals surface area (Å²) in [6.45, 7) is 1.01. The van der Waals surface area contributed by atoms with Gasteiger partial charge in [0, 0.05) is 49.0 Å². The summed E-state index contributed by atoms with van der Waals surface area (Å²) in [6, 6.07) is 13.1. The van der Waals surface area contributed by atoms with Crippen LogP contribution < -0.4 is 16.2 Å². The smallest absolute Gasteiger partial charge is 0.272 e. The first kappa shape index (κ1) is 22.6. The number of nitrogens with one attached hydrogen (secondary N) is 3. The van der Waals surface area contributed by atoms with Crippen LogP contribution in [0.2, 0.25) is 0 Å². The molecule has 2 aromatic heterocycles. The van der Waals surface area contributed by atoms with Crippen LogP contribution >= 0.6 is 0 Å². The van der Waals surface area contributed by atoms with Gasteiger partial charge < -0.3 is 15.2 Å². The highest BCUT2D eigenvalue weighted by molar-refractivity contribution is 5.90. The first-order valence-corrected chi connectivity index (χ1v) is 10.6. The van der Waals surface area contributed by atoms with Crippen LogP contribution in [0.1, 0.15) is 18.7 Å². The minimum atomic E-state index is -0.496. The second-order valence-electron chi connectivity index (χ2n) is 7.40. The van der Waals surface area contributed by atoms with Gasteiger partial charge in [-0.05, 0) is 12.5 Å². The minimum absolute atomic E-state index is 0.0674. The molecule has 0 radical (unpaired) electrons. The van der Waals surface area contributed by atoms with Gasteiger partial charge in [-0.1, -0.05) is 35.5 Å². The topological polar surface area (TPSA) is 169 Å². The zero-order valence-corrected chi connectivity index (χ0v) is 18.0. The number of aromatic amines is 1. The third-order valence-electron chi connectivity index (χ3n) is 5.01. The lowest BCUT2D eigenvalue weighted by Gasteiger charge is -2.08. The molecule has 4 rings (SSSR count). The lowest BCUT2D eigenvalue weighted by molar-refractivity contribution is -0.384. The zero-order chi connectivity index (χ0) is 23.9. The predicted octanol–water partition coefficient (Wildman–Crippen LogP) is 2.43. The number of benzene rings is 2. The molecule has 12 nitrogen and oxygen atoms in total. The molecule has 4 aromatic rings. The monoisotopic (exact) mass is 463 g/mol. The average Bonchev–Trinajstić information content (AvgIpc) is 3.33. The maximum Gasteiger partial charge on any atom is 0.272 e. The van der Waals surface area contributed by atoms with Crippen molar-refractivity contribution in [2.75, 3.05) is 18.4 Å². The summed E-state index contributed by atoms with van der Waals surface area (Å²) in [5, 5.41) is 28.5. The molecule has 0 fully saturated rings. The SMILES string of the molecule is O=C(CCc1nc(-c2cccc([N+](=O)[O-])c2)no1)NCCCNc1n[nH]c(=O)c2ccccc12.